The van der Waals surface area contributed by atoms with Gasteiger partial charge in [-0.05, 0) is 46.5 Å². The third-order valence-electron chi connectivity index (χ3n) is 5.57. The van der Waals surface area contributed by atoms with Gasteiger partial charge in [0.2, 0.25) is 5.91 Å². The minimum atomic E-state index is -1.02. The van der Waals surface area contributed by atoms with Crippen molar-refractivity contribution >= 4 is 18.0 Å². The average molecular weight is 370 g/mol. The molecule has 2 saturated heterocycles. The van der Waals surface area contributed by atoms with Crippen molar-refractivity contribution in [2.45, 2.75) is 83.7 Å². The average Bonchev–Trinajstić information content (AvgIpc) is 2.92. The number of nitrogens with zero attached hydrogens (tertiary/aromatic N) is 1. The van der Waals surface area contributed by atoms with Gasteiger partial charge in [-0.3, -0.25) is 4.79 Å². The highest BCUT2D eigenvalue weighted by Gasteiger charge is 2.50. The predicted octanol–water partition coefficient (Wildman–Crippen LogP) is 1.77. The Hall–Kier alpha value is -1.83. The fraction of sp³-hybridized carbons (Fsp3) is 0.833. The van der Waals surface area contributed by atoms with Crippen LogP contribution in [0, 0.1) is 5.41 Å². The number of aliphatic carboxylic acids is 1. The van der Waals surface area contributed by atoms with Crippen molar-refractivity contribution in [1.29, 1.82) is 0 Å². The number of nitrogens with one attached hydrogen (secondary N) is 1. The number of likely N-dealkylation sites (tertiary alicyclic amines) is 1. The molecule has 2 fully saturated rings. The summed E-state index contributed by atoms with van der Waals surface area (Å²) in [4.78, 5) is 38.3. The lowest BCUT2D eigenvalue weighted by molar-refractivity contribution is -0.155. The maximum atomic E-state index is 13.4. The number of carboxylic acids is 1. The van der Waals surface area contributed by atoms with Gasteiger partial charge in [0.15, 0.2) is 0 Å². The number of hydrogen-bond donors (Lipinski definition) is 2. The highest BCUT2D eigenvalue weighted by atomic mass is 16.5. The van der Waals surface area contributed by atoms with Gasteiger partial charge >= 0.3 is 12.1 Å². The second kappa shape index (κ2) is 7.82. The van der Waals surface area contributed by atoms with Crippen molar-refractivity contribution in [2.75, 3.05) is 7.11 Å². The molecule has 0 spiro atoms. The molecule has 148 valence electrons. The molecule has 2 N–H and O–H groups in total. The normalized spacial score (nSPS) is 35.7. The van der Waals surface area contributed by atoms with Crippen LogP contribution in [0.5, 0.6) is 0 Å². The molecule has 0 aromatic heterocycles. The Bertz CT molecular complexity index is 556. The van der Waals surface area contributed by atoms with Gasteiger partial charge in [0.05, 0.1) is 19.3 Å². The third kappa shape index (κ3) is 4.11. The number of rotatable bonds is 4. The van der Waals surface area contributed by atoms with Crippen LogP contribution in [0.2, 0.25) is 0 Å². The Morgan fingerprint density at radius 1 is 1.19 bits per heavy atom. The zero-order chi connectivity index (χ0) is 19.6. The highest BCUT2D eigenvalue weighted by molar-refractivity contribution is 5.90. The largest absolute Gasteiger partial charge is 0.480 e. The Morgan fingerprint density at radius 3 is 2.27 bits per heavy atom. The summed E-state index contributed by atoms with van der Waals surface area (Å²) in [6.07, 6.45) is 1.37. The molecular formula is C18H30N2O6. The van der Waals surface area contributed by atoms with Gasteiger partial charge in [0.1, 0.15) is 12.1 Å². The number of amides is 2. The summed E-state index contributed by atoms with van der Waals surface area (Å²) < 4.78 is 10.5. The molecule has 2 aliphatic rings. The van der Waals surface area contributed by atoms with E-state index in [2.05, 4.69) is 5.32 Å². The number of alkyl carbamates (subject to hydrolysis) is 1. The van der Waals surface area contributed by atoms with Gasteiger partial charge < -0.3 is 24.8 Å². The first kappa shape index (κ1) is 20.5. The lowest BCUT2D eigenvalue weighted by Crippen LogP contribution is -2.61. The molecule has 5 atom stereocenters. The molecule has 0 bridgehead atoms. The van der Waals surface area contributed by atoms with E-state index in [0.29, 0.717) is 25.7 Å². The van der Waals surface area contributed by atoms with Crippen LogP contribution in [0.25, 0.3) is 0 Å². The van der Waals surface area contributed by atoms with Gasteiger partial charge in [0, 0.05) is 11.5 Å². The molecule has 0 radical (unpaired) electrons. The van der Waals surface area contributed by atoms with Gasteiger partial charge in [0.25, 0.3) is 0 Å². The van der Waals surface area contributed by atoms with Crippen molar-refractivity contribution in [1.82, 2.24) is 10.2 Å². The lowest BCUT2D eigenvalue weighted by Gasteiger charge is -2.46. The quantitative estimate of drug-likeness (QED) is 0.781. The van der Waals surface area contributed by atoms with Crippen LogP contribution >= 0.6 is 0 Å². The first-order chi connectivity index (χ1) is 12.1. The van der Waals surface area contributed by atoms with Crippen molar-refractivity contribution in [3.05, 3.63) is 0 Å². The topological polar surface area (TPSA) is 105 Å². The van der Waals surface area contributed by atoms with E-state index >= 15 is 0 Å². The molecule has 0 saturated carbocycles. The summed E-state index contributed by atoms with van der Waals surface area (Å²) >= 11 is 0. The minimum Gasteiger partial charge on any atom is -0.480 e. The van der Waals surface area contributed by atoms with Crippen LogP contribution < -0.4 is 5.32 Å². The van der Waals surface area contributed by atoms with Crippen LogP contribution in [-0.2, 0) is 19.1 Å². The number of carboxylic acid groups (broad SMARTS) is 1. The SMILES string of the molecule is COC(=O)NC(C(=O)N1C(C)CCC1C(=O)O)C1(C)CC(C)OC(C)C1. The molecule has 8 nitrogen and oxygen atoms in total. The minimum absolute atomic E-state index is 0.0650. The van der Waals surface area contributed by atoms with Crippen molar-refractivity contribution in [2.24, 2.45) is 5.41 Å². The molecule has 0 aromatic rings. The van der Waals surface area contributed by atoms with E-state index in [1.807, 2.05) is 27.7 Å². The maximum Gasteiger partial charge on any atom is 0.407 e. The molecule has 8 heteroatoms. The number of ether oxygens (including phenoxy) is 2. The Kier molecular flexibility index (Phi) is 6.16. The second-order valence-electron chi connectivity index (χ2n) is 7.91. The molecule has 0 aromatic carbocycles. The van der Waals surface area contributed by atoms with E-state index in [0.717, 1.165) is 0 Å². The molecule has 2 heterocycles. The molecule has 2 aliphatic heterocycles. The van der Waals surface area contributed by atoms with Crippen molar-refractivity contribution in [3.63, 3.8) is 0 Å². The smallest absolute Gasteiger partial charge is 0.407 e. The first-order valence-electron chi connectivity index (χ1n) is 9.14. The van der Waals surface area contributed by atoms with Crippen LogP contribution in [-0.4, -0.2) is 65.4 Å². The standard InChI is InChI=1S/C18H30N2O6/c1-10-6-7-13(16(22)23)20(10)15(21)14(19-17(24)25-5)18(4)8-11(2)26-12(3)9-18/h10-14H,6-9H2,1-5H3,(H,19,24)(H,22,23). The van der Waals surface area contributed by atoms with Crippen LogP contribution in [0.4, 0.5) is 4.79 Å². The summed E-state index contributed by atoms with van der Waals surface area (Å²) in [5.41, 5.74) is -0.562. The van der Waals surface area contributed by atoms with E-state index < -0.39 is 29.6 Å². The van der Waals surface area contributed by atoms with E-state index in [9.17, 15) is 19.5 Å². The van der Waals surface area contributed by atoms with Crippen molar-refractivity contribution < 1.29 is 29.0 Å². The van der Waals surface area contributed by atoms with E-state index in [1.165, 1.54) is 12.0 Å². The number of methoxy groups -OCH3 is 1. The summed E-state index contributed by atoms with van der Waals surface area (Å²) in [5, 5.41) is 12.2. The fourth-order valence-electron chi connectivity index (χ4n) is 4.58. The van der Waals surface area contributed by atoms with E-state index in [4.69, 9.17) is 9.47 Å². The molecular weight excluding hydrogens is 340 g/mol. The summed E-state index contributed by atoms with van der Waals surface area (Å²) in [6.45, 7) is 7.66. The maximum absolute atomic E-state index is 13.4. The fourth-order valence-corrected chi connectivity index (χ4v) is 4.58. The molecule has 2 rings (SSSR count). The number of carbonyl (C=O) groups is 3. The number of carbonyl (C=O) groups excluding carboxylic acids is 2. The Balaban J connectivity index is 2.35. The summed E-state index contributed by atoms with van der Waals surface area (Å²) in [5.74, 6) is -1.38. The predicted molar refractivity (Wildman–Crippen MR) is 93.6 cm³/mol. The van der Waals surface area contributed by atoms with Crippen molar-refractivity contribution in [3.8, 4) is 0 Å². The number of hydrogen-bond acceptors (Lipinski definition) is 5. The van der Waals surface area contributed by atoms with Crippen LogP contribution in [0.1, 0.15) is 53.4 Å². The van der Waals surface area contributed by atoms with Crippen LogP contribution in [0.3, 0.4) is 0 Å². The lowest BCUT2D eigenvalue weighted by atomic mass is 9.71. The first-order valence-corrected chi connectivity index (χ1v) is 9.14. The molecule has 2 amide bonds. The van der Waals surface area contributed by atoms with Gasteiger partial charge in [-0.1, -0.05) is 6.92 Å². The van der Waals surface area contributed by atoms with Crippen LogP contribution in [0.15, 0.2) is 0 Å². The molecule has 0 aliphatic carbocycles. The zero-order valence-electron chi connectivity index (χ0n) is 16.2. The summed E-state index contributed by atoms with van der Waals surface area (Å²) in [7, 11) is 1.24. The van der Waals surface area contributed by atoms with Gasteiger partial charge in [-0.15, -0.1) is 0 Å². The molecule has 26 heavy (non-hydrogen) atoms. The summed E-state index contributed by atoms with van der Waals surface area (Å²) in [6, 6.07) is -1.92. The van der Waals surface area contributed by atoms with E-state index in [1.54, 1.807) is 0 Å². The molecule has 5 unspecified atom stereocenters. The second-order valence-corrected chi connectivity index (χ2v) is 7.91. The van der Waals surface area contributed by atoms with Gasteiger partial charge in [-0.2, -0.15) is 0 Å². The Morgan fingerprint density at radius 2 is 1.77 bits per heavy atom. The zero-order valence-corrected chi connectivity index (χ0v) is 16.2. The van der Waals surface area contributed by atoms with E-state index in [-0.39, 0.29) is 24.2 Å². The van der Waals surface area contributed by atoms with Gasteiger partial charge in [-0.25, -0.2) is 9.59 Å². The highest BCUT2D eigenvalue weighted by Crippen LogP contribution is 2.41. The third-order valence-corrected chi connectivity index (χ3v) is 5.57. The monoisotopic (exact) mass is 370 g/mol. The Labute approximate surface area is 154 Å².